The molecule has 5 rings (SSSR count). The zero-order valence-electron chi connectivity index (χ0n) is 24.7. The second-order valence-corrected chi connectivity index (χ2v) is 13.4. The summed E-state index contributed by atoms with van der Waals surface area (Å²) in [6, 6.07) is 28.1. The first-order valence-corrected chi connectivity index (χ1v) is 16.7. The van der Waals surface area contributed by atoms with E-state index in [0.717, 1.165) is 47.7 Å². The summed E-state index contributed by atoms with van der Waals surface area (Å²) in [6.07, 6.45) is 3.97. The predicted molar refractivity (Wildman–Crippen MR) is 174 cm³/mol. The number of rotatable bonds is 12. The summed E-state index contributed by atoms with van der Waals surface area (Å²) >= 11 is 6.30. The average Bonchev–Trinajstić information content (AvgIpc) is 3.56. The van der Waals surface area contributed by atoms with Gasteiger partial charge in [-0.1, -0.05) is 85.1 Å². The van der Waals surface area contributed by atoms with Crippen molar-refractivity contribution in [3.05, 3.63) is 131 Å². The molecule has 2 amide bonds. The van der Waals surface area contributed by atoms with Gasteiger partial charge in [0.1, 0.15) is 18.4 Å². The third-order valence-corrected chi connectivity index (χ3v) is 9.96. The first kappa shape index (κ1) is 32.2. The first-order valence-electron chi connectivity index (χ1n) is 14.9. The van der Waals surface area contributed by atoms with Crippen LogP contribution in [0.25, 0.3) is 0 Å². The van der Waals surface area contributed by atoms with Crippen molar-refractivity contribution in [2.45, 2.75) is 55.6 Å². The molecule has 0 spiro atoms. The SMILES string of the molecule is O=C(NC1CCCC1)[C@@H](Cc1ccccc1)N(Cc1cccc(Cl)c1)C(=O)CN(c1ccc(F)cc1)S(=O)(=O)c1ccccc1. The quantitative estimate of drug-likeness (QED) is 0.194. The molecule has 0 saturated heterocycles. The van der Waals surface area contributed by atoms with Crippen LogP contribution in [0.4, 0.5) is 10.1 Å². The predicted octanol–water partition coefficient (Wildman–Crippen LogP) is 6.37. The molecule has 234 valence electrons. The van der Waals surface area contributed by atoms with Gasteiger partial charge in [0.25, 0.3) is 10.0 Å². The minimum atomic E-state index is -4.26. The maximum absolute atomic E-state index is 14.5. The van der Waals surface area contributed by atoms with Crippen molar-refractivity contribution >= 4 is 39.1 Å². The Morgan fingerprint density at radius 3 is 2.11 bits per heavy atom. The van der Waals surface area contributed by atoms with Gasteiger partial charge in [-0.2, -0.15) is 0 Å². The van der Waals surface area contributed by atoms with Crippen LogP contribution in [-0.4, -0.2) is 43.8 Å². The van der Waals surface area contributed by atoms with Crippen molar-refractivity contribution in [2.24, 2.45) is 0 Å². The molecule has 1 aliphatic rings. The molecule has 1 saturated carbocycles. The highest BCUT2D eigenvalue weighted by Gasteiger charge is 2.35. The Labute approximate surface area is 268 Å². The number of hydrogen-bond acceptors (Lipinski definition) is 4. The van der Waals surface area contributed by atoms with Gasteiger partial charge in [0.05, 0.1) is 10.6 Å². The molecule has 4 aromatic carbocycles. The zero-order chi connectivity index (χ0) is 31.8. The van der Waals surface area contributed by atoms with Gasteiger partial charge in [0.2, 0.25) is 11.8 Å². The maximum Gasteiger partial charge on any atom is 0.264 e. The fourth-order valence-electron chi connectivity index (χ4n) is 5.61. The lowest BCUT2D eigenvalue weighted by Gasteiger charge is -2.34. The van der Waals surface area contributed by atoms with Crippen LogP contribution < -0.4 is 9.62 Å². The largest absolute Gasteiger partial charge is 0.352 e. The third-order valence-electron chi connectivity index (χ3n) is 7.94. The highest BCUT2D eigenvalue weighted by Crippen LogP contribution is 2.26. The van der Waals surface area contributed by atoms with Crippen molar-refractivity contribution in [1.82, 2.24) is 10.2 Å². The second-order valence-electron chi connectivity index (χ2n) is 11.1. The van der Waals surface area contributed by atoms with Crippen LogP contribution in [0, 0.1) is 5.82 Å². The van der Waals surface area contributed by atoms with Gasteiger partial charge in [-0.15, -0.1) is 0 Å². The molecule has 1 atom stereocenters. The van der Waals surface area contributed by atoms with Crippen molar-refractivity contribution in [3.8, 4) is 0 Å². The van der Waals surface area contributed by atoms with Gasteiger partial charge in [0.15, 0.2) is 0 Å². The van der Waals surface area contributed by atoms with Crippen molar-refractivity contribution in [1.29, 1.82) is 0 Å². The van der Waals surface area contributed by atoms with E-state index in [1.807, 2.05) is 30.3 Å². The molecule has 0 aromatic heterocycles. The Bertz CT molecular complexity index is 1700. The Morgan fingerprint density at radius 1 is 0.844 bits per heavy atom. The van der Waals surface area contributed by atoms with Gasteiger partial charge >= 0.3 is 0 Å². The number of carbonyl (C=O) groups is 2. The highest BCUT2D eigenvalue weighted by atomic mass is 35.5. The molecule has 0 heterocycles. The van der Waals surface area contributed by atoms with Crippen LogP contribution in [0.15, 0.2) is 114 Å². The van der Waals surface area contributed by atoms with Crippen LogP contribution in [0.2, 0.25) is 5.02 Å². The third kappa shape index (κ3) is 8.29. The van der Waals surface area contributed by atoms with E-state index in [1.54, 1.807) is 42.5 Å². The molecule has 0 unspecified atom stereocenters. The Balaban J connectivity index is 1.56. The van der Waals surface area contributed by atoms with Gasteiger partial charge in [0, 0.05) is 24.0 Å². The Hall–Kier alpha value is -4.21. The van der Waals surface area contributed by atoms with E-state index < -0.39 is 34.3 Å². The summed E-state index contributed by atoms with van der Waals surface area (Å²) in [6.45, 7) is -0.608. The summed E-state index contributed by atoms with van der Waals surface area (Å²) in [5, 5.41) is 3.61. The maximum atomic E-state index is 14.5. The lowest BCUT2D eigenvalue weighted by molar-refractivity contribution is -0.140. The average molecular weight is 648 g/mol. The molecule has 0 aliphatic heterocycles. The fourth-order valence-corrected chi connectivity index (χ4v) is 7.26. The molecule has 7 nitrogen and oxygen atoms in total. The smallest absolute Gasteiger partial charge is 0.264 e. The second kappa shape index (κ2) is 14.7. The monoisotopic (exact) mass is 647 g/mol. The van der Waals surface area contributed by atoms with E-state index in [4.69, 9.17) is 11.6 Å². The van der Waals surface area contributed by atoms with Crippen LogP contribution in [0.5, 0.6) is 0 Å². The van der Waals surface area contributed by atoms with Crippen LogP contribution in [0.3, 0.4) is 0 Å². The number of hydrogen-bond donors (Lipinski definition) is 1. The molecule has 10 heteroatoms. The summed E-state index contributed by atoms with van der Waals surface area (Å²) in [5.74, 6) is -1.45. The molecule has 1 N–H and O–H groups in total. The van der Waals surface area contributed by atoms with Crippen molar-refractivity contribution in [2.75, 3.05) is 10.8 Å². The lowest BCUT2D eigenvalue weighted by atomic mass is 10.0. The first-order chi connectivity index (χ1) is 21.7. The number of anilines is 1. The summed E-state index contributed by atoms with van der Waals surface area (Å²) in [4.78, 5) is 29.9. The minimum absolute atomic E-state index is 0.00747. The fraction of sp³-hybridized carbons (Fsp3) is 0.257. The van der Waals surface area contributed by atoms with E-state index in [1.165, 1.54) is 29.2 Å². The van der Waals surface area contributed by atoms with E-state index in [-0.39, 0.29) is 35.5 Å². The zero-order valence-corrected chi connectivity index (χ0v) is 26.3. The molecule has 0 bridgehead atoms. The van der Waals surface area contributed by atoms with Crippen LogP contribution in [-0.2, 0) is 32.6 Å². The van der Waals surface area contributed by atoms with E-state index >= 15 is 0 Å². The number of sulfonamides is 1. The van der Waals surface area contributed by atoms with Crippen molar-refractivity contribution < 1.29 is 22.4 Å². The van der Waals surface area contributed by atoms with E-state index in [9.17, 15) is 22.4 Å². The molecule has 0 radical (unpaired) electrons. The number of halogens is 2. The number of benzene rings is 4. The number of amides is 2. The van der Waals surface area contributed by atoms with Gasteiger partial charge < -0.3 is 10.2 Å². The topological polar surface area (TPSA) is 86.8 Å². The molecule has 4 aromatic rings. The molecule has 1 aliphatic carbocycles. The summed E-state index contributed by atoms with van der Waals surface area (Å²) in [5.41, 5.74) is 1.65. The lowest BCUT2D eigenvalue weighted by Crippen LogP contribution is -2.54. The van der Waals surface area contributed by atoms with Gasteiger partial charge in [-0.05, 0) is 72.5 Å². The van der Waals surface area contributed by atoms with E-state index in [0.29, 0.717) is 10.6 Å². The van der Waals surface area contributed by atoms with Crippen molar-refractivity contribution in [3.63, 3.8) is 0 Å². The Morgan fingerprint density at radius 2 is 1.47 bits per heavy atom. The molecule has 45 heavy (non-hydrogen) atoms. The van der Waals surface area contributed by atoms with Gasteiger partial charge in [-0.3, -0.25) is 13.9 Å². The Kier molecular flexibility index (Phi) is 10.5. The number of nitrogens with one attached hydrogen (secondary N) is 1. The summed E-state index contributed by atoms with van der Waals surface area (Å²) in [7, 11) is -4.26. The standard InChI is InChI=1S/C35H35ClFN3O4S/c36-28-13-9-12-27(22-28)24-39(33(23-26-10-3-1-4-11-26)35(42)38-30-14-7-8-15-30)34(41)25-40(31-20-18-29(37)19-21-31)45(43,44)32-16-5-2-6-17-32/h1-6,9-13,16-22,30,33H,7-8,14-15,23-25H2,(H,38,42)/t33-/m1/s1. The molecular formula is C35H35ClFN3O4S. The summed E-state index contributed by atoms with van der Waals surface area (Å²) < 4.78 is 42.8. The van der Waals surface area contributed by atoms with E-state index in [2.05, 4.69) is 5.32 Å². The molecule has 1 fully saturated rings. The van der Waals surface area contributed by atoms with Crippen LogP contribution >= 0.6 is 11.6 Å². The van der Waals surface area contributed by atoms with Gasteiger partial charge in [-0.25, -0.2) is 12.8 Å². The highest BCUT2D eigenvalue weighted by molar-refractivity contribution is 7.92. The number of nitrogens with zero attached hydrogens (tertiary/aromatic N) is 2. The number of carbonyl (C=O) groups excluding carboxylic acids is 2. The molecular weight excluding hydrogens is 613 g/mol. The minimum Gasteiger partial charge on any atom is -0.352 e. The normalized spacial score (nSPS) is 14.1. The van der Waals surface area contributed by atoms with Crippen LogP contribution in [0.1, 0.15) is 36.8 Å².